The molecule has 1 aromatic rings. The first-order valence-electron chi connectivity index (χ1n) is 4.92. The van der Waals surface area contributed by atoms with Crippen molar-refractivity contribution in [3.63, 3.8) is 0 Å². The van der Waals surface area contributed by atoms with E-state index < -0.39 is 0 Å². The van der Waals surface area contributed by atoms with Gasteiger partial charge in [0.25, 0.3) is 0 Å². The molecular formula is C10H18N4. The summed E-state index contributed by atoms with van der Waals surface area (Å²) in [6.07, 6.45) is 5.27. The van der Waals surface area contributed by atoms with Crippen molar-refractivity contribution in [3.8, 4) is 0 Å². The first-order valence-corrected chi connectivity index (χ1v) is 4.92. The van der Waals surface area contributed by atoms with Crippen molar-refractivity contribution in [2.45, 2.75) is 26.8 Å². The molecule has 4 nitrogen and oxygen atoms in total. The first kappa shape index (κ1) is 10.9. The Kier molecular flexibility index (Phi) is 4.32. The highest BCUT2D eigenvalue weighted by atomic mass is 15.3. The second-order valence-electron chi connectivity index (χ2n) is 3.26. The molecule has 0 radical (unpaired) electrons. The van der Waals surface area contributed by atoms with Crippen LogP contribution in [0.5, 0.6) is 0 Å². The minimum Gasteiger partial charge on any atom is -0.317 e. The van der Waals surface area contributed by atoms with Gasteiger partial charge in [0.05, 0.1) is 6.54 Å². The van der Waals surface area contributed by atoms with Gasteiger partial charge in [-0.05, 0) is 26.8 Å². The zero-order chi connectivity index (χ0) is 10.4. The van der Waals surface area contributed by atoms with Crippen LogP contribution in [0, 0.1) is 6.92 Å². The summed E-state index contributed by atoms with van der Waals surface area (Å²) in [6.45, 7) is 5.76. The summed E-state index contributed by atoms with van der Waals surface area (Å²) >= 11 is 0. The number of nitrogens with one attached hydrogen (secondary N) is 1. The van der Waals surface area contributed by atoms with E-state index in [9.17, 15) is 0 Å². The number of rotatable bonds is 5. The SMILES string of the molecule is C/C=C/CCNCc1nnc(C)n1C. The average molecular weight is 194 g/mol. The topological polar surface area (TPSA) is 42.7 Å². The van der Waals surface area contributed by atoms with Crippen molar-refractivity contribution >= 4 is 0 Å². The third kappa shape index (κ3) is 2.96. The lowest BCUT2D eigenvalue weighted by atomic mass is 10.4. The zero-order valence-corrected chi connectivity index (χ0v) is 9.12. The van der Waals surface area contributed by atoms with Crippen LogP contribution in [0.1, 0.15) is 25.0 Å². The largest absolute Gasteiger partial charge is 0.317 e. The number of aryl methyl sites for hydroxylation is 1. The zero-order valence-electron chi connectivity index (χ0n) is 9.12. The molecule has 0 fully saturated rings. The van der Waals surface area contributed by atoms with Crippen LogP contribution in [-0.2, 0) is 13.6 Å². The van der Waals surface area contributed by atoms with Crippen molar-refractivity contribution in [2.24, 2.45) is 7.05 Å². The summed E-state index contributed by atoms with van der Waals surface area (Å²) in [6, 6.07) is 0. The molecule has 0 saturated heterocycles. The van der Waals surface area contributed by atoms with E-state index in [2.05, 4.69) is 27.7 Å². The van der Waals surface area contributed by atoms with Crippen molar-refractivity contribution in [1.29, 1.82) is 0 Å². The second-order valence-corrected chi connectivity index (χ2v) is 3.26. The maximum atomic E-state index is 4.07. The molecule has 0 bridgehead atoms. The minimum atomic E-state index is 0.787. The number of allylic oxidation sites excluding steroid dienone is 1. The summed E-state index contributed by atoms with van der Waals surface area (Å²) in [7, 11) is 1.98. The van der Waals surface area contributed by atoms with E-state index in [0.29, 0.717) is 0 Å². The van der Waals surface area contributed by atoms with E-state index in [1.165, 1.54) is 0 Å². The van der Waals surface area contributed by atoms with Gasteiger partial charge in [0.2, 0.25) is 0 Å². The van der Waals surface area contributed by atoms with Crippen molar-refractivity contribution in [1.82, 2.24) is 20.1 Å². The fourth-order valence-corrected chi connectivity index (χ4v) is 1.16. The third-order valence-electron chi connectivity index (χ3n) is 2.19. The smallest absolute Gasteiger partial charge is 0.146 e. The quantitative estimate of drug-likeness (QED) is 0.565. The minimum absolute atomic E-state index is 0.787. The Balaban J connectivity index is 2.28. The summed E-state index contributed by atoms with van der Waals surface area (Å²) in [5.74, 6) is 1.94. The molecule has 1 heterocycles. The Morgan fingerprint density at radius 1 is 1.43 bits per heavy atom. The van der Waals surface area contributed by atoms with Crippen LogP contribution >= 0.6 is 0 Å². The maximum absolute atomic E-state index is 4.07. The van der Waals surface area contributed by atoms with Crippen LogP contribution < -0.4 is 5.32 Å². The maximum Gasteiger partial charge on any atom is 0.146 e. The molecule has 0 amide bonds. The molecule has 1 aromatic heterocycles. The highest BCUT2D eigenvalue weighted by Crippen LogP contribution is 1.96. The van der Waals surface area contributed by atoms with Gasteiger partial charge in [0.15, 0.2) is 0 Å². The van der Waals surface area contributed by atoms with Gasteiger partial charge >= 0.3 is 0 Å². The van der Waals surface area contributed by atoms with Gasteiger partial charge in [-0.2, -0.15) is 0 Å². The van der Waals surface area contributed by atoms with E-state index in [1.807, 2.05) is 25.5 Å². The van der Waals surface area contributed by atoms with Crippen LogP contribution in [0.3, 0.4) is 0 Å². The van der Waals surface area contributed by atoms with E-state index in [0.717, 1.165) is 31.2 Å². The summed E-state index contributed by atoms with van der Waals surface area (Å²) in [4.78, 5) is 0. The molecule has 0 spiro atoms. The Morgan fingerprint density at radius 2 is 2.21 bits per heavy atom. The molecule has 0 aliphatic rings. The second kappa shape index (κ2) is 5.54. The number of hydrogen-bond acceptors (Lipinski definition) is 3. The Labute approximate surface area is 85.0 Å². The van der Waals surface area contributed by atoms with Crippen molar-refractivity contribution in [3.05, 3.63) is 23.8 Å². The van der Waals surface area contributed by atoms with Crippen LogP contribution in [0.25, 0.3) is 0 Å². The lowest BCUT2D eigenvalue weighted by molar-refractivity contribution is 0.638. The van der Waals surface area contributed by atoms with Gasteiger partial charge in [-0.1, -0.05) is 12.2 Å². The molecule has 14 heavy (non-hydrogen) atoms. The number of nitrogens with zero attached hydrogens (tertiary/aromatic N) is 3. The summed E-state index contributed by atoms with van der Waals surface area (Å²) < 4.78 is 2.00. The summed E-state index contributed by atoms with van der Waals surface area (Å²) in [5, 5.41) is 11.4. The van der Waals surface area contributed by atoms with Gasteiger partial charge < -0.3 is 9.88 Å². The molecule has 78 valence electrons. The number of aromatic nitrogens is 3. The molecular weight excluding hydrogens is 176 g/mol. The van der Waals surface area contributed by atoms with E-state index >= 15 is 0 Å². The van der Waals surface area contributed by atoms with Gasteiger partial charge in [0, 0.05) is 7.05 Å². The summed E-state index contributed by atoms with van der Waals surface area (Å²) in [5.41, 5.74) is 0. The molecule has 4 heteroatoms. The van der Waals surface area contributed by atoms with Gasteiger partial charge in [-0.25, -0.2) is 0 Å². The third-order valence-corrected chi connectivity index (χ3v) is 2.19. The molecule has 0 aromatic carbocycles. The predicted molar refractivity (Wildman–Crippen MR) is 56.9 cm³/mol. The monoisotopic (exact) mass is 194 g/mol. The highest BCUT2D eigenvalue weighted by Gasteiger charge is 2.02. The Morgan fingerprint density at radius 3 is 2.79 bits per heavy atom. The van der Waals surface area contributed by atoms with E-state index in [4.69, 9.17) is 0 Å². The Hall–Kier alpha value is -1.16. The predicted octanol–water partition coefficient (Wildman–Crippen LogP) is 1.18. The average Bonchev–Trinajstić information content (AvgIpc) is 2.49. The van der Waals surface area contributed by atoms with Crippen LogP contribution in [0.2, 0.25) is 0 Å². The van der Waals surface area contributed by atoms with Crippen molar-refractivity contribution in [2.75, 3.05) is 6.54 Å². The van der Waals surface area contributed by atoms with Crippen LogP contribution in [0.4, 0.5) is 0 Å². The normalized spacial score (nSPS) is 11.4. The molecule has 0 aliphatic heterocycles. The number of hydrogen-bond donors (Lipinski definition) is 1. The fraction of sp³-hybridized carbons (Fsp3) is 0.600. The first-order chi connectivity index (χ1) is 6.75. The van der Waals surface area contributed by atoms with E-state index in [-0.39, 0.29) is 0 Å². The van der Waals surface area contributed by atoms with Crippen LogP contribution in [-0.4, -0.2) is 21.3 Å². The van der Waals surface area contributed by atoms with E-state index in [1.54, 1.807) is 0 Å². The van der Waals surface area contributed by atoms with Crippen LogP contribution in [0.15, 0.2) is 12.2 Å². The fourth-order valence-electron chi connectivity index (χ4n) is 1.16. The molecule has 0 unspecified atom stereocenters. The molecule has 1 N–H and O–H groups in total. The molecule has 0 saturated carbocycles. The lowest BCUT2D eigenvalue weighted by Crippen LogP contribution is -2.17. The van der Waals surface area contributed by atoms with Gasteiger partial charge in [-0.3, -0.25) is 0 Å². The van der Waals surface area contributed by atoms with Gasteiger partial charge in [-0.15, -0.1) is 10.2 Å². The van der Waals surface area contributed by atoms with Crippen molar-refractivity contribution < 1.29 is 0 Å². The Bertz CT molecular complexity index is 301. The highest BCUT2D eigenvalue weighted by molar-refractivity contribution is 4.91. The molecule has 0 aliphatic carbocycles. The standard InChI is InChI=1S/C10H18N4/c1-4-5-6-7-11-8-10-13-12-9(2)14(10)3/h4-5,11H,6-8H2,1-3H3/b5-4+. The molecule has 0 atom stereocenters. The lowest BCUT2D eigenvalue weighted by Gasteiger charge is -2.02. The molecule has 1 rings (SSSR count). The van der Waals surface area contributed by atoms with Gasteiger partial charge in [0.1, 0.15) is 11.6 Å².